The second-order valence-electron chi connectivity index (χ2n) is 4.85. The van der Waals surface area contributed by atoms with E-state index < -0.39 is 0 Å². The Hall–Kier alpha value is -0.300. The smallest absolute Gasteiger partial charge is 0.0712 e. The van der Waals surface area contributed by atoms with Gasteiger partial charge in [-0.25, -0.2) is 0 Å². The molecule has 2 aliphatic carbocycles. The molecule has 13 heavy (non-hydrogen) atoms. The van der Waals surface area contributed by atoms with Crippen LogP contribution in [-0.2, 0) is 0 Å². The first-order chi connectivity index (χ1) is 6.21. The van der Waals surface area contributed by atoms with E-state index >= 15 is 0 Å². The van der Waals surface area contributed by atoms with Gasteiger partial charge in [0.05, 0.1) is 5.60 Å². The van der Waals surface area contributed by atoms with Gasteiger partial charge in [0, 0.05) is 0 Å². The quantitative estimate of drug-likeness (QED) is 0.568. The second kappa shape index (κ2) is 3.45. The summed E-state index contributed by atoms with van der Waals surface area (Å²) in [5.41, 5.74) is 1.06. The molecule has 0 aromatic carbocycles. The number of aliphatic hydroxyl groups is 1. The highest BCUT2D eigenvalue weighted by atomic mass is 16.3. The highest BCUT2D eigenvalue weighted by Crippen LogP contribution is 2.43. The van der Waals surface area contributed by atoms with E-state index in [1.54, 1.807) is 0 Å². The molecule has 2 rings (SSSR count). The van der Waals surface area contributed by atoms with E-state index in [4.69, 9.17) is 0 Å². The van der Waals surface area contributed by atoms with Crippen LogP contribution in [0.3, 0.4) is 0 Å². The second-order valence-corrected chi connectivity index (χ2v) is 4.85. The molecule has 1 heteroatoms. The lowest BCUT2D eigenvalue weighted by Crippen LogP contribution is -2.33. The number of hydrogen-bond acceptors (Lipinski definition) is 1. The fourth-order valence-corrected chi connectivity index (χ4v) is 3.04. The lowest BCUT2D eigenvalue weighted by atomic mass is 9.80. The Morgan fingerprint density at radius 1 is 1.38 bits per heavy atom. The Kier molecular flexibility index (Phi) is 2.46. The van der Waals surface area contributed by atoms with Gasteiger partial charge >= 0.3 is 0 Å². The number of hydrogen-bond donors (Lipinski definition) is 1. The molecule has 2 aliphatic rings. The minimum atomic E-state index is -0.332. The molecule has 1 nitrogen and oxygen atoms in total. The summed E-state index contributed by atoms with van der Waals surface area (Å²) in [6.45, 7) is 2.17. The number of rotatable bonds is 0. The van der Waals surface area contributed by atoms with Crippen molar-refractivity contribution in [1.29, 1.82) is 0 Å². The normalized spacial score (nSPS) is 44.5. The molecule has 1 saturated carbocycles. The summed E-state index contributed by atoms with van der Waals surface area (Å²) in [7, 11) is 0. The number of allylic oxidation sites excluding steroid dienone is 1. The van der Waals surface area contributed by atoms with Gasteiger partial charge in [-0.05, 0) is 51.4 Å². The largest absolute Gasteiger partial charge is 0.389 e. The molecule has 1 N–H and O–H groups in total. The highest BCUT2D eigenvalue weighted by molar-refractivity contribution is 5.08. The zero-order valence-electron chi connectivity index (χ0n) is 8.55. The van der Waals surface area contributed by atoms with Crippen LogP contribution >= 0.6 is 0 Å². The van der Waals surface area contributed by atoms with Crippen molar-refractivity contribution >= 4 is 0 Å². The molecule has 1 fully saturated rings. The fourth-order valence-electron chi connectivity index (χ4n) is 3.04. The van der Waals surface area contributed by atoms with E-state index in [9.17, 15) is 5.11 Å². The van der Waals surface area contributed by atoms with Crippen LogP contribution in [0.1, 0.15) is 51.9 Å². The molecule has 0 aromatic heterocycles. The van der Waals surface area contributed by atoms with Crippen molar-refractivity contribution in [3.05, 3.63) is 11.6 Å². The van der Waals surface area contributed by atoms with Gasteiger partial charge in [0.2, 0.25) is 0 Å². The van der Waals surface area contributed by atoms with Gasteiger partial charge < -0.3 is 5.11 Å². The van der Waals surface area contributed by atoms with Crippen molar-refractivity contribution in [3.63, 3.8) is 0 Å². The average molecular weight is 180 g/mol. The van der Waals surface area contributed by atoms with Crippen molar-refractivity contribution in [2.75, 3.05) is 0 Å². The van der Waals surface area contributed by atoms with E-state index in [0.29, 0.717) is 5.92 Å². The molecular weight excluding hydrogens is 160 g/mol. The van der Waals surface area contributed by atoms with Crippen molar-refractivity contribution in [2.45, 2.75) is 57.5 Å². The van der Waals surface area contributed by atoms with Crippen molar-refractivity contribution in [1.82, 2.24) is 0 Å². The summed E-state index contributed by atoms with van der Waals surface area (Å²) in [5, 5.41) is 10.4. The minimum Gasteiger partial charge on any atom is -0.389 e. The predicted molar refractivity (Wildman–Crippen MR) is 54.5 cm³/mol. The molecule has 0 radical (unpaired) electrons. The topological polar surface area (TPSA) is 20.2 Å². The molecule has 74 valence electrons. The van der Waals surface area contributed by atoms with Gasteiger partial charge in [0.1, 0.15) is 0 Å². The standard InChI is InChI=1S/C12H20O/c1-10-5-2-3-6-11-7-4-8-12(11,13)9-10/h5,11,13H,2-4,6-9H2,1H3/b10-5-/t11-,12-/m0/s1. The zero-order valence-corrected chi connectivity index (χ0v) is 8.55. The van der Waals surface area contributed by atoms with Crippen molar-refractivity contribution in [3.8, 4) is 0 Å². The van der Waals surface area contributed by atoms with Gasteiger partial charge in [-0.15, -0.1) is 0 Å². The predicted octanol–water partition coefficient (Wildman–Crippen LogP) is 3.04. The Morgan fingerprint density at radius 3 is 3.00 bits per heavy atom. The van der Waals surface area contributed by atoms with Gasteiger partial charge in [0.15, 0.2) is 0 Å². The number of fused-ring (bicyclic) bond motifs is 1. The van der Waals surface area contributed by atoms with E-state index in [1.807, 2.05) is 0 Å². The van der Waals surface area contributed by atoms with Crippen LogP contribution in [0.2, 0.25) is 0 Å². The SMILES string of the molecule is C/C1=C/CCC[C@H]2CCC[C@]2(O)C1. The summed E-state index contributed by atoms with van der Waals surface area (Å²) in [6.07, 6.45) is 10.5. The summed E-state index contributed by atoms with van der Waals surface area (Å²) < 4.78 is 0. The molecule has 0 aromatic rings. The average Bonchev–Trinajstić information content (AvgIpc) is 2.37. The van der Waals surface area contributed by atoms with Crippen LogP contribution in [0.4, 0.5) is 0 Å². The van der Waals surface area contributed by atoms with Crippen LogP contribution in [0, 0.1) is 5.92 Å². The lowest BCUT2D eigenvalue weighted by molar-refractivity contribution is -0.00208. The molecule has 0 heterocycles. The van der Waals surface area contributed by atoms with Crippen LogP contribution in [-0.4, -0.2) is 10.7 Å². The maximum Gasteiger partial charge on any atom is 0.0712 e. The fraction of sp³-hybridized carbons (Fsp3) is 0.833. The van der Waals surface area contributed by atoms with Crippen LogP contribution in [0.5, 0.6) is 0 Å². The van der Waals surface area contributed by atoms with E-state index in [2.05, 4.69) is 13.0 Å². The Balaban J connectivity index is 2.16. The lowest BCUT2D eigenvalue weighted by Gasteiger charge is -2.32. The molecule has 0 spiro atoms. The Labute approximate surface area is 80.8 Å². The third-order valence-corrected chi connectivity index (χ3v) is 3.76. The minimum absolute atomic E-state index is 0.332. The molecule has 0 bridgehead atoms. The van der Waals surface area contributed by atoms with E-state index in [1.165, 1.54) is 37.7 Å². The zero-order chi connectivity index (χ0) is 9.31. The van der Waals surface area contributed by atoms with E-state index in [-0.39, 0.29) is 5.60 Å². The van der Waals surface area contributed by atoms with Gasteiger partial charge in [-0.1, -0.05) is 18.1 Å². The molecule has 0 saturated heterocycles. The van der Waals surface area contributed by atoms with Crippen LogP contribution in [0.15, 0.2) is 11.6 Å². The Bertz CT molecular complexity index is 219. The van der Waals surface area contributed by atoms with Gasteiger partial charge in [-0.3, -0.25) is 0 Å². The first-order valence-electron chi connectivity index (χ1n) is 5.59. The van der Waals surface area contributed by atoms with Crippen LogP contribution < -0.4 is 0 Å². The van der Waals surface area contributed by atoms with Crippen LogP contribution in [0.25, 0.3) is 0 Å². The molecule has 0 aliphatic heterocycles. The van der Waals surface area contributed by atoms with Gasteiger partial charge in [-0.2, -0.15) is 0 Å². The van der Waals surface area contributed by atoms with E-state index in [0.717, 1.165) is 12.8 Å². The highest BCUT2D eigenvalue weighted by Gasteiger charge is 2.40. The first-order valence-corrected chi connectivity index (χ1v) is 5.59. The molecular formula is C12H20O. The summed E-state index contributed by atoms with van der Waals surface area (Å²) in [5.74, 6) is 0.594. The van der Waals surface area contributed by atoms with Crippen molar-refractivity contribution in [2.24, 2.45) is 5.92 Å². The van der Waals surface area contributed by atoms with Crippen molar-refractivity contribution < 1.29 is 5.11 Å². The monoisotopic (exact) mass is 180 g/mol. The summed E-state index contributed by atoms with van der Waals surface area (Å²) in [4.78, 5) is 0. The molecule has 0 amide bonds. The summed E-state index contributed by atoms with van der Waals surface area (Å²) in [6, 6.07) is 0. The molecule has 0 unspecified atom stereocenters. The Morgan fingerprint density at radius 2 is 2.15 bits per heavy atom. The van der Waals surface area contributed by atoms with Gasteiger partial charge in [0.25, 0.3) is 0 Å². The maximum absolute atomic E-state index is 10.4. The third kappa shape index (κ3) is 1.80. The third-order valence-electron chi connectivity index (χ3n) is 3.76. The first kappa shape index (κ1) is 9.26. The summed E-state index contributed by atoms with van der Waals surface area (Å²) >= 11 is 0. The maximum atomic E-state index is 10.4. The molecule has 2 atom stereocenters.